The molecule has 0 radical (unpaired) electrons. The molecule has 0 N–H and O–H groups in total. The lowest BCUT2D eigenvalue weighted by atomic mass is 9.96. The van der Waals surface area contributed by atoms with Crippen molar-refractivity contribution >= 4 is 34.3 Å². The van der Waals surface area contributed by atoms with Gasteiger partial charge in [-0.2, -0.15) is 0 Å². The lowest BCUT2D eigenvalue weighted by Crippen LogP contribution is -2.47. The quantitative estimate of drug-likeness (QED) is 0.549. The van der Waals surface area contributed by atoms with E-state index >= 15 is 0 Å². The zero-order chi connectivity index (χ0) is 23.4. The largest absolute Gasteiger partial charge is 0.461 e. The number of carbonyl (C=O) groups is 3. The smallest absolute Gasteiger partial charge is 0.358 e. The first-order valence-corrected chi connectivity index (χ1v) is 12.6. The molecule has 2 heterocycles. The van der Waals surface area contributed by atoms with E-state index < -0.39 is 5.97 Å². The Morgan fingerprint density at radius 3 is 2.61 bits per heavy atom. The van der Waals surface area contributed by atoms with Crippen molar-refractivity contribution in [3.63, 3.8) is 0 Å². The van der Waals surface area contributed by atoms with Gasteiger partial charge in [0.2, 0.25) is 11.8 Å². The fourth-order valence-corrected chi connectivity index (χ4v) is 5.19. The van der Waals surface area contributed by atoms with E-state index in [2.05, 4.69) is 4.98 Å². The maximum atomic E-state index is 13.7. The lowest BCUT2D eigenvalue weighted by molar-refractivity contribution is -0.136. The second-order valence-corrected chi connectivity index (χ2v) is 9.93. The van der Waals surface area contributed by atoms with E-state index in [4.69, 9.17) is 4.74 Å². The van der Waals surface area contributed by atoms with Gasteiger partial charge in [0.15, 0.2) is 10.8 Å². The van der Waals surface area contributed by atoms with E-state index in [-0.39, 0.29) is 36.0 Å². The summed E-state index contributed by atoms with van der Waals surface area (Å²) >= 11 is 1.34. The maximum Gasteiger partial charge on any atom is 0.358 e. The second kappa shape index (κ2) is 10.5. The van der Waals surface area contributed by atoms with E-state index in [1.807, 2.05) is 42.2 Å². The van der Waals surface area contributed by atoms with Crippen molar-refractivity contribution in [1.82, 2.24) is 9.88 Å². The van der Waals surface area contributed by atoms with Gasteiger partial charge in [0.1, 0.15) is 0 Å². The number of piperidine rings is 1. The van der Waals surface area contributed by atoms with Crippen molar-refractivity contribution < 1.29 is 19.1 Å². The van der Waals surface area contributed by atoms with Gasteiger partial charge in [-0.3, -0.25) is 14.5 Å². The minimum atomic E-state index is -0.466. The number of aromatic nitrogens is 1. The molecule has 1 saturated carbocycles. The Morgan fingerprint density at radius 1 is 1.15 bits per heavy atom. The van der Waals surface area contributed by atoms with Crippen molar-refractivity contribution in [2.24, 2.45) is 11.8 Å². The highest BCUT2D eigenvalue weighted by Crippen LogP contribution is 2.34. The van der Waals surface area contributed by atoms with E-state index in [1.165, 1.54) is 11.3 Å². The number of benzene rings is 1. The zero-order valence-electron chi connectivity index (χ0n) is 19.3. The molecule has 1 aromatic carbocycles. The molecule has 0 bridgehead atoms. The predicted molar refractivity (Wildman–Crippen MR) is 127 cm³/mol. The average Bonchev–Trinajstić information content (AvgIpc) is 3.61. The highest BCUT2D eigenvalue weighted by atomic mass is 32.1. The van der Waals surface area contributed by atoms with Crippen LogP contribution in [0.2, 0.25) is 0 Å². The molecule has 7 nitrogen and oxygen atoms in total. The second-order valence-electron chi connectivity index (χ2n) is 8.74. The molecule has 1 aromatic heterocycles. The Hall–Kier alpha value is -2.74. The third-order valence-corrected chi connectivity index (χ3v) is 7.22. The van der Waals surface area contributed by atoms with Crippen LogP contribution in [0.15, 0.2) is 30.3 Å². The van der Waals surface area contributed by atoms with Gasteiger partial charge >= 0.3 is 5.97 Å². The molecule has 33 heavy (non-hydrogen) atoms. The predicted octanol–water partition coefficient (Wildman–Crippen LogP) is 3.85. The summed E-state index contributed by atoms with van der Waals surface area (Å²) in [5, 5.41) is 0.516. The monoisotopic (exact) mass is 469 g/mol. The average molecular weight is 470 g/mol. The molecule has 2 amide bonds. The van der Waals surface area contributed by atoms with Crippen LogP contribution in [-0.4, -0.2) is 53.9 Å². The van der Waals surface area contributed by atoms with Crippen LogP contribution in [0.1, 0.15) is 53.5 Å². The van der Waals surface area contributed by atoms with E-state index in [0.29, 0.717) is 24.6 Å². The number of thiazole rings is 1. The van der Waals surface area contributed by atoms with Gasteiger partial charge in [-0.15, -0.1) is 11.3 Å². The summed E-state index contributed by atoms with van der Waals surface area (Å²) in [7, 11) is 0. The van der Waals surface area contributed by atoms with Crippen LogP contribution in [0.5, 0.6) is 0 Å². The number of aryl methyl sites for hydroxylation is 1. The highest BCUT2D eigenvalue weighted by Gasteiger charge is 2.38. The number of carbonyl (C=O) groups excluding carboxylic acids is 3. The summed E-state index contributed by atoms with van der Waals surface area (Å²) in [6, 6.07) is 10.0. The number of nitrogens with zero attached hydrogens (tertiary/aromatic N) is 3. The summed E-state index contributed by atoms with van der Waals surface area (Å²) in [5.74, 6) is -0.400. The van der Waals surface area contributed by atoms with Gasteiger partial charge < -0.3 is 9.64 Å². The maximum absolute atomic E-state index is 13.7. The molecule has 0 unspecified atom stereocenters. The van der Waals surface area contributed by atoms with Crippen molar-refractivity contribution in [2.45, 2.75) is 46.0 Å². The Balaban J connectivity index is 1.55. The van der Waals surface area contributed by atoms with Gasteiger partial charge in [-0.25, -0.2) is 9.78 Å². The van der Waals surface area contributed by atoms with Gasteiger partial charge in [0.25, 0.3) is 0 Å². The minimum absolute atomic E-state index is 0.0246. The third-order valence-electron chi connectivity index (χ3n) is 6.23. The Bertz CT molecular complexity index is 1000. The number of hydrogen-bond donors (Lipinski definition) is 0. The van der Waals surface area contributed by atoms with Gasteiger partial charge in [0, 0.05) is 30.4 Å². The zero-order valence-corrected chi connectivity index (χ0v) is 20.1. The molecule has 4 rings (SSSR count). The van der Waals surface area contributed by atoms with Crippen molar-refractivity contribution in [3.8, 4) is 0 Å². The van der Waals surface area contributed by atoms with Crippen LogP contribution in [-0.2, 0) is 20.7 Å². The summed E-state index contributed by atoms with van der Waals surface area (Å²) in [5.41, 5.74) is 1.40. The summed E-state index contributed by atoms with van der Waals surface area (Å²) in [6.45, 7) is 5.51. The number of amides is 2. The molecule has 1 saturated heterocycles. The highest BCUT2D eigenvalue weighted by molar-refractivity contribution is 7.16. The standard InChI is InChI=1S/C25H31N3O4S/c1-3-32-24(31)21-17(2)33-25(26-21)28(15-13-18-8-5-4-6-9-18)23(30)20-10-7-14-27(16-20)22(29)19-11-12-19/h4-6,8-9,19-20H,3,7,10-16H2,1-2H3/t20-/m0/s1. The van der Waals surface area contributed by atoms with Crippen LogP contribution < -0.4 is 4.90 Å². The molecule has 2 aromatic rings. The topological polar surface area (TPSA) is 79.8 Å². The molecule has 1 aliphatic heterocycles. The number of esters is 1. The number of ether oxygens (including phenoxy) is 1. The van der Waals surface area contributed by atoms with Crippen molar-refractivity contribution in [1.29, 1.82) is 0 Å². The first kappa shape index (κ1) is 23.4. The molecule has 0 spiro atoms. The van der Waals surface area contributed by atoms with Crippen LogP contribution in [0, 0.1) is 18.8 Å². The summed E-state index contributed by atoms with van der Waals surface area (Å²) in [4.78, 5) is 47.5. The third kappa shape index (κ3) is 5.61. The SMILES string of the molecule is CCOC(=O)c1nc(N(CCc2ccccc2)C(=O)[C@H]2CCCN(C(=O)C3CC3)C2)sc1C. The molecule has 2 aliphatic rings. The molecular weight excluding hydrogens is 438 g/mol. The van der Waals surface area contributed by atoms with Crippen LogP contribution in [0.3, 0.4) is 0 Å². The molecule has 8 heteroatoms. The van der Waals surface area contributed by atoms with Crippen molar-refractivity contribution in [3.05, 3.63) is 46.5 Å². The molecule has 1 atom stereocenters. The fourth-order valence-electron chi connectivity index (χ4n) is 4.26. The summed E-state index contributed by atoms with van der Waals surface area (Å²) in [6.07, 6.45) is 4.19. The van der Waals surface area contributed by atoms with E-state index in [9.17, 15) is 14.4 Å². The minimum Gasteiger partial charge on any atom is -0.461 e. The number of rotatable bonds is 8. The number of anilines is 1. The van der Waals surface area contributed by atoms with E-state index in [1.54, 1.807) is 11.8 Å². The van der Waals surface area contributed by atoms with Crippen LogP contribution in [0.25, 0.3) is 0 Å². The van der Waals surface area contributed by atoms with Crippen molar-refractivity contribution in [2.75, 3.05) is 31.1 Å². The first-order valence-electron chi connectivity index (χ1n) is 11.8. The summed E-state index contributed by atoms with van der Waals surface area (Å²) < 4.78 is 5.13. The normalized spacial score (nSPS) is 18.1. The Morgan fingerprint density at radius 2 is 1.91 bits per heavy atom. The fraction of sp³-hybridized carbons (Fsp3) is 0.520. The van der Waals surface area contributed by atoms with Crippen LogP contribution >= 0.6 is 11.3 Å². The van der Waals surface area contributed by atoms with E-state index in [0.717, 1.165) is 42.7 Å². The molecule has 176 valence electrons. The first-order chi connectivity index (χ1) is 16.0. The molecular formula is C25H31N3O4S. The van der Waals surface area contributed by atoms with Gasteiger partial charge in [-0.05, 0) is 51.5 Å². The number of hydrogen-bond acceptors (Lipinski definition) is 6. The molecule has 1 aliphatic carbocycles. The Labute approximate surface area is 198 Å². The lowest BCUT2D eigenvalue weighted by Gasteiger charge is -2.34. The van der Waals surface area contributed by atoms with Crippen LogP contribution in [0.4, 0.5) is 5.13 Å². The molecule has 2 fully saturated rings. The number of likely N-dealkylation sites (tertiary alicyclic amines) is 1. The van der Waals surface area contributed by atoms with Gasteiger partial charge in [-0.1, -0.05) is 30.3 Å². The van der Waals surface area contributed by atoms with Gasteiger partial charge in [0.05, 0.1) is 12.5 Å². The Kier molecular flexibility index (Phi) is 7.42.